The number of piperazine rings is 1. The van der Waals surface area contributed by atoms with Gasteiger partial charge in [0.05, 0.1) is 11.9 Å². The van der Waals surface area contributed by atoms with Gasteiger partial charge in [-0.15, -0.1) is 0 Å². The van der Waals surface area contributed by atoms with Gasteiger partial charge in [-0.1, -0.05) is 0 Å². The second-order valence-corrected chi connectivity index (χ2v) is 7.29. The third-order valence-corrected chi connectivity index (χ3v) is 5.59. The first-order valence-corrected chi connectivity index (χ1v) is 9.31. The average molecular weight is 367 g/mol. The van der Waals surface area contributed by atoms with Crippen LogP contribution >= 0.6 is 0 Å². The van der Waals surface area contributed by atoms with E-state index in [1.54, 1.807) is 19.4 Å². The van der Waals surface area contributed by atoms with E-state index in [0.29, 0.717) is 23.7 Å². The molecule has 0 unspecified atom stereocenters. The van der Waals surface area contributed by atoms with Crippen LogP contribution in [-0.4, -0.2) is 65.0 Å². The van der Waals surface area contributed by atoms with Gasteiger partial charge < -0.3 is 15.5 Å². The lowest BCUT2D eigenvalue weighted by molar-refractivity contribution is 0.0957. The molecule has 2 aliphatic heterocycles. The molecule has 2 aromatic heterocycles. The molecule has 8 nitrogen and oxygen atoms in total. The maximum Gasteiger partial charge on any atom is 0.269 e. The van der Waals surface area contributed by atoms with Crippen molar-refractivity contribution in [1.82, 2.24) is 25.2 Å². The fourth-order valence-corrected chi connectivity index (χ4v) is 4.01. The Morgan fingerprint density at radius 1 is 1.22 bits per heavy atom. The maximum atomic E-state index is 11.8. The molecule has 0 aromatic carbocycles. The van der Waals surface area contributed by atoms with Gasteiger partial charge >= 0.3 is 0 Å². The molecule has 2 atom stereocenters. The van der Waals surface area contributed by atoms with Gasteiger partial charge in [-0.3, -0.25) is 9.69 Å². The Balaban J connectivity index is 1.50. The monoisotopic (exact) mass is 367 g/mol. The van der Waals surface area contributed by atoms with E-state index in [4.69, 9.17) is 4.98 Å². The minimum absolute atomic E-state index is 0.193. The number of fused-ring (bicyclic) bond motifs is 2. The van der Waals surface area contributed by atoms with Crippen LogP contribution in [0.2, 0.25) is 0 Å². The van der Waals surface area contributed by atoms with Crippen LogP contribution in [0.4, 0.5) is 17.5 Å². The zero-order valence-corrected chi connectivity index (χ0v) is 15.9. The number of anilines is 3. The highest BCUT2D eigenvalue weighted by molar-refractivity contribution is 5.93. The van der Waals surface area contributed by atoms with E-state index in [9.17, 15) is 4.79 Å². The van der Waals surface area contributed by atoms with Gasteiger partial charge in [0.15, 0.2) is 0 Å². The zero-order chi connectivity index (χ0) is 19.0. The first-order valence-electron chi connectivity index (χ1n) is 9.31. The lowest BCUT2D eigenvalue weighted by Gasteiger charge is -2.39. The quantitative estimate of drug-likeness (QED) is 0.848. The maximum absolute atomic E-state index is 11.8. The highest BCUT2D eigenvalue weighted by Gasteiger charge is 2.37. The largest absolute Gasteiger partial charge is 0.354 e. The molecule has 2 bridgehead atoms. The molecular weight excluding hydrogens is 342 g/mol. The number of hydrogen-bond donors (Lipinski definition) is 2. The molecule has 2 aromatic rings. The van der Waals surface area contributed by atoms with Crippen molar-refractivity contribution in [2.24, 2.45) is 0 Å². The Kier molecular flexibility index (Phi) is 4.65. The highest BCUT2D eigenvalue weighted by atomic mass is 16.1. The van der Waals surface area contributed by atoms with Crippen molar-refractivity contribution >= 4 is 23.4 Å². The van der Waals surface area contributed by atoms with Crippen LogP contribution in [0.25, 0.3) is 0 Å². The van der Waals surface area contributed by atoms with E-state index < -0.39 is 0 Å². The Morgan fingerprint density at radius 3 is 2.63 bits per heavy atom. The number of aromatic nitrogens is 3. The fourth-order valence-electron chi connectivity index (χ4n) is 4.01. The molecular formula is C19H25N7O. The molecule has 27 heavy (non-hydrogen) atoms. The van der Waals surface area contributed by atoms with Crippen molar-refractivity contribution < 1.29 is 4.79 Å². The number of carbonyl (C=O) groups is 1. The number of rotatable bonds is 4. The summed E-state index contributed by atoms with van der Waals surface area (Å²) in [6, 6.07) is 5.07. The second kappa shape index (κ2) is 7.11. The van der Waals surface area contributed by atoms with Gasteiger partial charge in [0.1, 0.15) is 11.5 Å². The smallest absolute Gasteiger partial charge is 0.269 e. The van der Waals surface area contributed by atoms with Crippen LogP contribution in [0, 0.1) is 6.92 Å². The minimum atomic E-state index is -0.193. The average Bonchev–Trinajstić information content (AvgIpc) is 2.88. The second-order valence-electron chi connectivity index (χ2n) is 7.29. The number of nitrogens with zero attached hydrogens (tertiary/aromatic N) is 5. The van der Waals surface area contributed by atoms with Crippen molar-refractivity contribution in [3.8, 4) is 0 Å². The van der Waals surface area contributed by atoms with Gasteiger partial charge in [-0.25, -0.2) is 9.97 Å². The standard InChI is InChI=1S/C19H25N7O/c1-12-8-13(9-22-17(12)18(27)20-2)23-19-21-7-6-16(24-19)26-10-14-4-5-15(11-26)25(14)3/h6-9,14-15H,4-5,10-11H2,1-3H3,(H,20,27)(H,21,23,24)/t14-,15+. The van der Waals surface area contributed by atoms with Crippen LogP contribution < -0.4 is 15.5 Å². The Bertz CT molecular complexity index is 842. The predicted octanol–water partition coefficient (Wildman–Crippen LogP) is 1.57. The van der Waals surface area contributed by atoms with Crippen LogP contribution in [0.3, 0.4) is 0 Å². The lowest BCUT2D eigenvalue weighted by atomic mass is 10.2. The summed E-state index contributed by atoms with van der Waals surface area (Å²) in [5.41, 5.74) is 1.98. The zero-order valence-electron chi connectivity index (χ0n) is 15.9. The number of amides is 1. The van der Waals surface area contributed by atoms with Crippen molar-refractivity contribution in [2.75, 3.05) is 37.4 Å². The number of nitrogens with one attached hydrogen (secondary N) is 2. The molecule has 142 valence electrons. The molecule has 0 spiro atoms. The molecule has 1 amide bonds. The number of likely N-dealkylation sites (N-methyl/N-ethyl adjacent to an activating group) is 1. The van der Waals surface area contributed by atoms with Gasteiger partial charge in [0.25, 0.3) is 5.91 Å². The third-order valence-electron chi connectivity index (χ3n) is 5.59. The summed E-state index contributed by atoms with van der Waals surface area (Å²) >= 11 is 0. The summed E-state index contributed by atoms with van der Waals surface area (Å²) in [6.45, 7) is 3.87. The van der Waals surface area contributed by atoms with E-state index >= 15 is 0 Å². The highest BCUT2D eigenvalue weighted by Crippen LogP contribution is 2.30. The molecule has 8 heteroatoms. The summed E-state index contributed by atoms with van der Waals surface area (Å²) in [4.78, 5) is 29.9. The normalized spacial score (nSPS) is 22.0. The van der Waals surface area contributed by atoms with Gasteiger partial charge in [0.2, 0.25) is 5.95 Å². The summed E-state index contributed by atoms with van der Waals surface area (Å²) in [5.74, 6) is 1.29. The van der Waals surface area contributed by atoms with Crippen molar-refractivity contribution in [3.63, 3.8) is 0 Å². The van der Waals surface area contributed by atoms with E-state index in [2.05, 4.69) is 37.4 Å². The van der Waals surface area contributed by atoms with Gasteiger partial charge in [0, 0.05) is 38.4 Å². The number of carbonyl (C=O) groups excluding carboxylic acids is 1. The summed E-state index contributed by atoms with van der Waals surface area (Å²) in [5, 5.41) is 5.80. The van der Waals surface area contributed by atoms with Crippen LogP contribution in [0.15, 0.2) is 24.5 Å². The Morgan fingerprint density at radius 2 is 1.96 bits per heavy atom. The number of pyridine rings is 1. The van der Waals surface area contributed by atoms with E-state index in [1.165, 1.54) is 12.8 Å². The van der Waals surface area contributed by atoms with Gasteiger partial charge in [-0.2, -0.15) is 4.98 Å². The third kappa shape index (κ3) is 3.44. The molecule has 0 saturated carbocycles. The topological polar surface area (TPSA) is 86.3 Å². The van der Waals surface area contributed by atoms with Crippen molar-refractivity contribution in [1.29, 1.82) is 0 Å². The predicted molar refractivity (Wildman–Crippen MR) is 104 cm³/mol. The molecule has 4 rings (SSSR count). The SMILES string of the molecule is CNC(=O)c1ncc(Nc2nccc(N3C[C@H]4CC[C@@H](C3)N4C)n2)cc1C. The first kappa shape index (κ1) is 17.7. The van der Waals surface area contributed by atoms with E-state index in [1.807, 2.05) is 19.1 Å². The molecule has 0 radical (unpaired) electrons. The molecule has 2 aliphatic rings. The molecule has 2 N–H and O–H groups in total. The van der Waals surface area contributed by atoms with Crippen LogP contribution in [0.5, 0.6) is 0 Å². The Hall–Kier alpha value is -2.74. The van der Waals surface area contributed by atoms with Crippen molar-refractivity contribution in [3.05, 3.63) is 35.8 Å². The van der Waals surface area contributed by atoms with Crippen LogP contribution in [-0.2, 0) is 0 Å². The molecule has 2 saturated heterocycles. The number of hydrogen-bond acceptors (Lipinski definition) is 7. The molecule has 4 heterocycles. The first-order chi connectivity index (χ1) is 13.0. The van der Waals surface area contributed by atoms with E-state index in [-0.39, 0.29) is 5.91 Å². The fraction of sp³-hybridized carbons (Fsp3) is 0.474. The number of aryl methyl sites for hydroxylation is 1. The lowest BCUT2D eigenvalue weighted by Crippen LogP contribution is -2.52. The van der Waals surface area contributed by atoms with Gasteiger partial charge in [-0.05, 0) is 44.5 Å². The molecule has 2 fully saturated rings. The van der Waals surface area contributed by atoms with E-state index in [0.717, 1.165) is 30.2 Å². The summed E-state index contributed by atoms with van der Waals surface area (Å²) in [7, 11) is 3.82. The summed E-state index contributed by atoms with van der Waals surface area (Å²) < 4.78 is 0. The van der Waals surface area contributed by atoms with Crippen LogP contribution in [0.1, 0.15) is 28.9 Å². The summed E-state index contributed by atoms with van der Waals surface area (Å²) in [6.07, 6.45) is 5.93. The van der Waals surface area contributed by atoms with Crippen molar-refractivity contribution in [2.45, 2.75) is 31.8 Å². The minimum Gasteiger partial charge on any atom is -0.354 e. The molecule has 0 aliphatic carbocycles. The Labute approximate surface area is 159 Å².